The summed E-state index contributed by atoms with van der Waals surface area (Å²) in [6, 6.07) is 0. The zero-order valence-electron chi connectivity index (χ0n) is 9.33. The summed E-state index contributed by atoms with van der Waals surface area (Å²) < 4.78 is 5.04. The summed E-state index contributed by atoms with van der Waals surface area (Å²) >= 11 is 0. The van der Waals surface area contributed by atoms with Gasteiger partial charge in [-0.3, -0.25) is 14.4 Å². The van der Waals surface area contributed by atoms with E-state index in [2.05, 4.69) is 0 Å². The molecule has 0 aromatic carbocycles. The van der Waals surface area contributed by atoms with Crippen LogP contribution in [0.2, 0.25) is 0 Å². The molecule has 7 heteroatoms. The molecule has 98 valence electrons. The third-order valence-electron chi connectivity index (χ3n) is 2.24. The van der Waals surface area contributed by atoms with Crippen LogP contribution in [0.15, 0.2) is 23.5 Å². The van der Waals surface area contributed by atoms with E-state index in [4.69, 9.17) is 20.1 Å². The van der Waals surface area contributed by atoms with Gasteiger partial charge in [-0.2, -0.15) is 0 Å². The predicted octanol–water partition coefficient (Wildman–Crippen LogP) is 0.620. The molecule has 0 aromatic rings. The highest BCUT2D eigenvalue weighted by Gasteiger charge is 2.22. The van der Waals surface area contributed by atoms with Crippen molar-refractivity contribution >= 4 is 17.9 Å². The zero-order valence-corrected chi connectivity index (χ0v) is 9.33. The Kier molecular flexibility index (Phi) is 4.47. The van der Waals surface area contributed by atoms with Crippen LogP contribution in [0.5, 0.6) is 0 Å². The van der Waals surface area contributed by atoms with Gasteiger partial charge in [0, 0.05) is 5.57 Å². The van der Waals surface area contributed by atoms with Crippen LogP contribution >= 0.6 is 0 Å². The van der Waals surface area contributed by atoms with Crippen molar-refractivity contribution in [2.75, 3.05) is 0 Å². The Morgan fingerprint density at radius 3 is 2.06 bits per heavy atom. The molecule has 1 atom stereocenters. The molecule has 0 fully saturated rings. The monoisotopic (exact) mass is 256 g/mol. The van der Waals surface area contributed by atoms with Crippen LogP contribution in [0.4, 0.5) is 0 Å². The Morgan fingerprint density at radius 2 is 1.56 bits per heavy atom. The van der Waals surface area contributed by atoms with E-state index >= 15 is 0 Å². The number of hydrogen-bond donors (Lipinski definition) is 3. The largest absolute Gasteiger partial charge is 0.493 e. The van der Waals surface area contributed by atoms with Crippen LogP contribution in [0.25, 0.3) is 0 Å². The first-order valence-electron chi connectivity index (χ1n) is 5.09. The number of ether oxygens (including phenoxy) is 1. The van der Waals surface area contributed by atoms with Crippen molar-refractivity contribution in [2.45, 2.75) is 25.4 Å². The van der Waals surface area contributed by atoms with Crippen LogP contribution in [0.3, 0.4) is 0 Å². The highest BCUT2D eigenvalue weighted by atomic mass is 16.5. The van der Waals surface area contributed by atoms with Gasteiger partial charge in [-0.25, -0.2) is 0 Å². The molecule has 0 amide bonds. The second-order valence-electron chi connectivity index (χ2n) is 3.75. The third-order valence-corrected chi connectivity index (χ3v) is 2.24. The fourth-order valence-electron chi connectivity index (χ4n) is 1.55. The third kappa shape index (κ3) is 4.28. The summed E-state index contributed by atoms with van der Waals surface area (Å²) in [7, 11) is 0. The number of hydrogen-bond acceptors (Lipinski definition) is 4. The molecule has 3 N–H and O–H groups in total. The lowest BCUT2D eigenvalue weighted by atomic mass is 9.97. The maximum absolute atomic E-state index is 10.7. The standard InChI is InChI=1S/C11H12O7/c12-9(13)2-6-1-8(4-11(16)17)18-5-7(6)3-10(14)15/h1,5,8H,2-4H2,(H,12,13)(H,14,15)(H,16,17). The molecule has 18 heavy (non-hydrogen) atoms. The first-order chi connectivity index (χ1) is 8.38. The van der Waals surface area contributed by atoms with Crippen molar-refractivity contribution in [1.29, 1.82) is 0 Å². The van der Waals surface area contributed by atoms with Crippen molar-refractivity contribution in [2.24, 2.45) is 0 Å². The van der Waals surface area contributed by atoms with E-state index in [-0.39, 0.29) is 30.4 Å². The molecule has 1 heterocycles. The Hall–Kier alpha value is -2.31. The molecule has 7 nitrogen and oxygen atoms in total. The van der Waals surface area contributed by atoms with Crippen LogP contribution in [-0.4, -0.2) is 39.3 Å². The van der Waals surface area contributed by atoms with E-state index in [1.165, 1.54) is 6.08 Å². The Bertz CT molecular complexity index is 433. The van der Waals surface area contributed by atoms with E-state index in [1.54, 1.807) is 0 Å². The quantitative estimate of drug-likeness (QED) is 0.636. The van der Waals surface area contributed by atoms with E-state index in [1.807, 2.05) is 0 Å². The maximum Gasteiger partial charge on any atom is 0.307 e. The summed E-state index contributed by atoms with van der Waals surface area (Å²) in [5, 5.41) is 26.0. The Balaban J connectivity index is 2.84. The topological polar surface area (TPSA) is 121 Å². The van der Waals surface area contributed by atoms with Crippen molar-refractivity contribution < 1.29 is 34.4 Å². The lowest BCUT2D eigenvalue weighted by molar-refractivity contribution is -0.139. The molecule has 1 unspecified atom stereocenters. The molecular weight excluding hydrogens is 244 g/mol. The van der Waals surface area contributed by atoms with E-state index in [0.29, 0.717) is 0 Å². The Morgan fingerprint density at radius 1 is 1.00 bits per heavy atom. The average Bonchev–Trinajstić information content (AvgIpc) is 2.19. The van der Waals surface area contributed by atoms with Crippen molar-refractivity contribution in [1.82, 2.24) is 0 Å². The van der Waals surface area contributed by atoms with Gasteiger partial charge in [-0.1, -0.05) is 0 Å². The molecule has 0 saturated heterocycles. The zero-order chi connectivity index (χ0) is 13.7. The number of carboxylic acid groups (broad SMARTS) is 3. The highest BCUT2D eigenvalue weighted by Crippen LogP contribution is 2.25. The second kappa shape index (κ2) is 5.85. The molecule has 0 radical (unpaired) electrons. The van der Waals surface area contributed by atoms with Crippen LogP contribution in [0, 0.1) is 0 Å². The minimum atomic E-state index is -1.12. The van der Waals surface area contributed by atoms with Gasteiger partial charge in [-0.15, -0.1) is 0 Å². The van der Waals surface area contributed by atoms with Gasteiger partial charge in [0.1, 0.15) is 6.10 Å². The normalized spacial score (nSPS) is 18.3. The number of carboxylic acids is 3. The fourth-order valence-corrected chi connectivity index (χ4v) is 1.55. The maximum atomic E-state index is 10.7. The highest BCUT2D eigenvalue weighted by molar-refractivity contribution is 5.76. The first-order valence-corrected chi connectivity index (χ1v) is 5.09. The van der Waals surface area contributed by atoms with Crippen molar-refractivity contribution in [3.8, 4) is 0 Å². The molecular formula is C11H12O7. The van der Waals surface area contributed by atoms with Gasteiger partial charge in [0.2, 0.25) is 0 Å². The molecule has 0 aromatic heterocycles. The minimum Gasteiger partial charge on any atom is -0.493 e. The van der Waals surface area contributed by atoms with Gasteiger partial charge < -0.3 is 20.1 Å². The van der Waals surface area contributed by atoms with Gasteiger partial charge in [-0.05, 0) is 11.6 Å². The Labute approximate surface area is 102 Å². The van der Waals surface area contributed by atoms with Gasteiger partial charge in [0.25, 0.3) is 0 Å². The number of aliphatic carboxylic acids is 3. The minimum absolute atomic E-state index is 0.242. The second-order valence-corrected chi connectivity index (χ2v) is 3.75. The van der Waals surface area contributed by atoms with Crippen LogP contribution in [-0.2, 0) is 19.1 Å². The van der Waals surface area contributed by atoms with Gasteiger partial charge in [0.15, 0.2) is 0 Å². The molecule has 1 aliphatic heterocycles. The van der Waals surface area contributed by atoms with E-state index < -0.39 is 24.0 Å². The SMILES string of the molecule is O=C(O)CC1=COC(CC(=O)O)C=C1CC(=O)O. The van der Waals surface area contributed by atoms with E-state index in [0.717, 1.165) is 6.26 Å². The van der Waals surface area contributed by atoms with Crippen LogP contribution in [0.1, 0.15) is 19.3 Å². The van der Waals surface area contributed by atoms with Gasteiger partial charge in [0.05, 0.1) is 25.5 Å². The summed E-state index contributed by atoms with van der Waals surface area (Å²) in [6.45, 7) is 0. The van der Waals surface area contributed by atoms with Gasteiger partial charge >= 0.3 is 17.9 Å². The lowest BCUT2D eigenvalue weighted by Crippen LogP contribution is -2.19. The summed E-state index contributed by atoms with van der Waals surface area (Å²) in [4.78, 5) is 31.8. The molecule has 0 aliphatic carbocycles. The first kappa shape index (κ1) is 13.8. The molecule has 1 rings (SSSR count). The lowest BCUT2D eigenvalue weighted by Gasteiger charge is -2.20. The molecule has 0 saturated carbocycles. The van der Waals surface area contributed by atoms with E-state index in [9.17, 15) is 14.4 Å². The number of rotatable bonds is 6. The summed E-state index contributed by atoms with van der Waals surface area (Å²) in [6.07, 6.45) is 0.673. The fraction of sp³-hybridized carbons (Fsp3) is 0.364. The van der Waals surface area contributed by atoms with Crippen LogP contribution < -0.4 is 0 Å². The average molecular weight is 256 g/mol. The number of carbonyl (C=O) groups is 3. The summed E-state index contributed by atoms with van der Waals surface area (Å²) in [5.74, 6) is -3.31. The van der Waals surface area contributed by atoms with Crippen molar-refractivity contribution in [3.63, 3.8) is 0 Å². The predicted molar refractivity (Wildman–Crippen MR) is 57.8 cm³/mol. The van der Waals surface area contributed by atoms with Crippen molar-refractivity contribution in [3.05, 3.63) is 23.5 Å². The molecule has 0 bridgehead atoms. The summed E-state index contributed by atoms with van der Waals surface area (Å²) in [5.41, 5.74) is 0.522. The smallest absolute Gasteiger partial charge is 0.307 e. The molecule has 1 aliphatic rings. The molecule has 0 spiro atoms.